The summed E-state index contributed by atoms with van der Waals surface area (Å²) in [5.41, 5.74) is 3.30. The molecule has 0 bridgehead atoms. The van der Waals surface area contributed by atoms with E-state index in [1.165, 1.54) is 12.3 Å². The van der Waals surface area contributed by atoms with Crippen LogP contribution < -0.4 is 4.90 Å². The zero-order valence-corrected chi connectivity index (χ0v) is 18.2. The number of benzene rings is 1. The molecule has 0 radical (unpaired) electrons. The summed E-state index contributed by atoms with van der Waals surface area (Å²) in [6.07, 6.45) is 4.92. The van der Waals surface area contributed by atoms with Crippen LogP contribution in [0, 0.1) is 24.2 Å². The maximum atomic E-state index is 13.5. The van der Waals surface area contributed by atoms with Crippen molar-refractivity contribution in [3.05, 3.63) is 59.9 Å². The molecule has 166 valence electrons. The van der Waals surface area contributed by atoms with E-state index in [9.17, 15) is 9.65 Å². The molecule has 0 atom stereocenters. The van der Waals surface area contributed by atoms with Crippen molar-refractivity contribution in [1.29, 1.82) is 5.26 Å². The lowest BCUT2D eigenvalue weighted by molar-refractivity contribution is 0.425. The van der Waals surface area contributed by atoms with Crippen molar-refractivity contribution in [2.75, 3.05) is 18.0 Å². The van der Waals surface area contributed by atoms with Crippen molar-refractivity contribution >= 4 is 5.69 Å². The maximum Gasteiger partial charge on any atom is 0.259 e. The third-order valence-corrected chi connectivity index (χ3v) is 6.01. The molecule has 1 aliphatic rings. The first kappa shape index (κ1) is 20.8. The fourth-order valence-corrected chi connectivity index (χ4v) is 4.41. The second kappa shape index (κ2) is 8.43. The van der Waals surface area contributed by atoms with Gasteiger partial charge in [0.2, 0.25) is 5.95 Å². The van der Waals surface area contributed by atoms with Crippen molar-refractivity contribution in [3.8, 4) is 28.7 Å². The zero-order chi connectivity index (χ0) is 22.9. The Bertz CT molecular complexity index is 1330. The number of nitriles is 1. The summed E-state index contributed by atoms with van der Waals surface area (Å²) < 4.78 is 20.8. The Labute approximate surface area is 189 Å². The topological polar surface area (TPSA) is 110 Å². The number of piperidine rings is 1. The first-order chi connectivity index (χ1) is 16.0. The van der Waals surface area contributed by atoms with E-state index in [1.807, 2.05) is 17.7 Å². The van der Waals surface area contributed by atoms with E-state index in [1.54, 1.807) is 25.4 Å². The Morgan fingerprint density at radius 2 is 1.94 bits per heavy atom. The van der Waals surface area contributed by atoms with Crippen LogP contribution in [0.25, 0.3) is 22.6 Å². The summed E-state index contributed by atoms with van der Waals surface area (Å²) in [7, 11) is 1.95. The predicted molar refractivity (Wildman–Crippen MR) is 118 cm³/mol. The Balaban J connectivity index is 1.58. The molecule has 0 unspecified atom stereocenters. The molecular weight excluding hydrogens is 423 g/mol. The van der Waals surface area contributed by atoms with E-state index in [4.69, 9.17) is 4.52 Å². The normalized spacial score (nSPS) is 14.4. The minimum absolute atomic E-state index is 0.289. The van der Waals surface area contributed by atoms with Gasteiger partial charge in [-0.1, -0.05) is 11.2 Å². The smallest absolute Gasteiger partial charge is 0.259 e. The lowest BCUT2D eigenvalue weighted by Crippen LogP contribution is -2.34. The Kier molecular flexibility index (Phi) is 5.30. The summed E-state index contributed by atoms with van der Waals surface area (Å²) in [5, 5.41) is 22.3. The number of nitrogens with zero attached hydrogens (tertiary/aromatic N) is 8. The van der Waals surface area contributed by atoms with E-state index in [2.05, 4.69) is 36.3 Å². The van der Waals surface area contributed by atoms with Gasteiger partial charge < -0.3 is 14.0 Å². The van der Waals surface area contributed by atoms with Gasteiger partial charge in [-0.25, -0.2) is 4.98 Å². The standard InChI is InChI=1S/C23H21FN8O/c1-14-28-23(33-30-14)18-5-4-17(16-3-6-20(24)26-12-16)21(19(18)11-25)32-9-7-15(8-10-32)22-29-27-13-31(22)2/h3-6,12-13,15H,7-10H2,1-2H3. The molecule has 1 aliphatic heterocycles. The SMILES string of the molecule is Cc1noc(-c2ccc(-c3ccc(F)nc3)c(N3CCC(c4nncn4C)CC3)c2C#N)n1. The molecule has 0 aliphatic carbocycles. The summed E-state index contributed by atoms with van der Waals surface area (Å²) in [5.74, 6) is 1.49. The minimum atomic E-state index is -0.553. The first-order valence-corrected chi connectivity index (χ1v) is 10.6. The van der Waals surface area contributed by atoms with Crippen molar-refractivity contribution in [1.82, 2.24) is 29.9 Å². The molecule has 1 fully saturated rings. The molecule has 5 rings (SSSR count). The average molecular weight is 444 g/mol. The van der Waals surface area contributed by atoms with Crippen LogP contribution in [0.2, 0.25) is 0 Å². The fraction of sp³-hybridized carbons (Fsp3) is 0.304. The highest BCUT2D eigenvalue weighted by atomic mass is 19.1. The number of hydrogen-bond acceptors (Lipinski definition) is 8. The molecular formula is C23H21FN8O. The van der Waals surface area contributed by atoms with Crippen molar-refractivity contribution < 1.29 is 8.91 Å². The molecule has 4 heterocycles. The molecule has 9 nitrogen and oxygen atoms in total. The van der Waals surface area contributed by atoms with Gasteiger partial charge in [-0.2, -0.15) is 14.6 Å². The number of aromatic nitrogens is 6. The van der Waals surface area contributed by atoms with Gasteiger partial charge in [0.05, 0.1) is 16.8 Å². The first-order valence-electron chi connectivity index (χ1n) is 10.6. The number of rotatable bonds is 4. The number of hydrogen-bond donors (Lipinski definition) is 0. The highest BCUT2D eigenvalue weighted by molar-refractivity contribution is 5.88. The molecule has 1 saturated heterocycles. The lowest BCUT2D eigenvalue weighted by atomic mass is 9.91. The summed E-state index contributed by atoms with van der Waals surface area (Å²) in [6.45, 7) is 3.18. The Morgan fingerprint density at radius 3 is 2.55 bits per heavy atom. The van der Waals surface area contributed by atoms with E-state index in [0.29, 0.717) is 22.8 Å². The van der Waals surface area contributed by atoms with Gasteiger partial charge in [0.15, 0.2) is 5.82 Å². The number of anilines is 1. The van der Waals surface area contributed by atoms with E-state index >= 15 is 0 Å². The summed E-state index contributed by atoms with van der Waals surface area (Å²) in [6, 6.07) is 9.03. The van der Waals surface area contributed by atoms with Crippen LogP contribution in [0.5, 0.6) is 0 Å². The monoisotopic (exact) mass is 444 g/mol. The average Bonchev–Trinajstić information content (AvgIpc) is 3.47. The van der Waals surface area contributed by atoms with E-state index in [-0.39, 0.29) is 5.92 Å². The number of aryl methyl sites for hydroxylation is 2. The van der Waals surface area contributed by atoms with Crippen LogP contribution >= 0.6 is 0 Å². The molecule has 33 heavy (non-hydrogen) atoms. The van der Waals surface area contributed by atoms with Gasteiger partial charge >= 0.3 is 0 Å². The molecule has 0 saturated carbocycles. The largest absolute Gasteiger partial charge is 0.370 e. The highest BCUT2D eigenvalue weighted by Gasteiger charge is 2.29. The summed E-state index contributed by atoms with van der Waals surface area (Å²) in [4.78, 5) is 10.3. The Morgan fingerprint density at radius 1 is 1.15 bits per heavy atom. The Hall–Kier alpha value is -4.13. The van der Waals surface area contributed by atoms with Crippen LogP contribution in [0.3, 0.4) is 0 Å². The van der Waals surface area contributed by atoms with Crippen molar-refractivity contribution in [2.45, 2.75) is 25.7 Å². The van der Waals surface area contributed by atoms with Crippen molar-refractivity contribution in [2.24, 2.45) is 7.05 Å². The second-order valence-electron chi connectivity index (χ2n) is 8.07. The number of pyridine rings is 1. The van der Waals surface area contributed by atoms with Gasteiger partial charge in [0.1, 0.15) is 18.2 Å². The second-order valence-corrected chi connectivity index (χ2v) is 8.07. The molecule has 3 aromatic heterocycles. The quantitative estimate of drug-likeness (QED) is 0.439. The van der Waals surface area contributed by atoms with E-state index in [0.717, 1.165) is 48.6 Å². The molecule has 0 spiro atoms. The fourth-order valence-electron chi connectivity index (χ4n) is 4.41. The van der Waals surface area contributed by atoms with Gasteiger partial charge in [-0.3, -0.25) is 0 Å². The third-order valence-electron chi connectivity index (χ3n) is 6.01. The highest BCUT2D eigenvalue weighted by Crippen LogP contribution is 2.41. The van der Waals surface area contributed by atoms with Crippen LogP contribution in [0.15, 0.2) is 41.3 Å². The molecule has 4 aromatic rings. The molecule has 10 heteroatoms. The van der Waals surface area contributed by atoms with Crippen LogP contribution in [-0.4, -0.2) is 43.0 Å². The van der Waals surface area contributed by atoms with Crippen molar-refractivity contribution in [3.63, 3.8) is 0 Å². The lowest BCUT2D eigenvalue weighted by Gasteiger charge is -2.35. The third kappa shape index (κ3) is 3.82. The number of halogens is 1. The van der Waals surface area contributed by atoms with Crippen LogP contribution in [0.4, 0.5) is 10.1 Å². The molecule has 0 N–H and O–H groups in total. The van der Waals surface area contributed by atoms with Gasteiger partial charge in [-0.15, -0.1) is 10.2 Å². The van der Waals surface area contributed by atoms with Crippen LogP contribution in [0.1, 0.15) is 36.0 Å². The van der Waals surface area contributed by atoms with Gasteiger partial charge in [-0.05, 0) is 38.0 Å². The predicted octanol–water partition coefficient (Wildman–Crippen LogP) is 3.63. The summed E-state index contributed by atoms with van der Waals surface area (Å²) >= 11 is 0. The molecule has 0 amide bonds. The van der Waals surface area contributed by atoms with Crippen LogP contribution in [-0.2, 0) is 7.05 Å². The van der Waals surface area contributed by atoms with E-state index < -0.39 is 5.95 Å². The minimum Gasteiger partial charge on any atom is -0.370 e. The molecule has 1 aromatic carbocycles. The van der Waals surface area contributed by atoms with Gasteiger partial charge in [0, 0.05) is 43.4 Å². The zero-order valence-electron chi connectivity index (χ0n) is 18.2. The maximum absolute atomic E-state index is 13.5. The van der Waals surface area contributed by atoms with Gasteiger partial charge in [0.25, 0.3) is 5.89 Å².